The SMILES string of the molecule is COc1ccc(CCCNC(=O)CN(c2ccc(Cl)cc2Cl)S(C)(=O)=O)cc1OC. The zero-order valence-corrected chi connectivity index (χ0v) is 19.3. The Morgan fingerprint density at radius 3 is 2.37 bits per heavy atom. The molecule has 0 aliphatic heterocycles. The van der Waals surface area contributed by atoms with E-state index in [0.29, 0.717) is 35.9 Å². The summed E-state index contributed by atoms with van der Waals surface area (Å²) in [5.41, 5.74) is 1.23. The van der Waals surface area contributed by atoms with Crippen LogP contribution in [0, 0.1) is 0 Å². The van der Waals surface area contributed by atoms with Crippen LogP contribution in [-0.4, -0.2) is 47.9 Å². The molecule has 7 nitrogen and oxygen atoms in total. The van der Waals surface area contributed by atoms with Crippen LogP contribution in [0.2, 0.25) is 10.0 Å². The second-order valence-electron chi connectivity index (χ2n) is 6.51. The number of nitrogens with one attached hydrogen (secondary N) is 1. The molecule has 0 aliphatic carbocycles. The van der Waals surface area contributed by atoms with Crippen molar-refractivity contribution in [3.8, 4) is 11.5 Å². The van der Waals surface area contributed by atoms with Crippen molar-refractivity contribution in [3.05, 3.63) is 52.0 Å². The van der Waals surface area contributed by atoms with Crippen LogP contribution in [0.4, 0.5) is 5.69 Å². The van der Waals surface area contributed by atoms with E-state index in [2.05, 4.69) is 5.32 Å². The Labute approximate surface area is 186 Å². The van der Waals surface area contributed by atoms with Crippen molar-refractivity contribution in [1.82, 2.24) is 5.32 Å². The van der Waals surface area contributed by atoms with Crippen molar-refractivity contribution < 1.29 is 22.7 Å². The van der Waals surface area contributed by atoms with Gasteiger partial charge in [-0.2, -0.15) is 0 Å². The van der Waals surface area contributed by atoms with Gasteiger partial charge in [0, 0.05) is 11.6 Å². The molecule has 30 heavy (non-hydrogen) atoms. The summed E-state index contributed by atoms with van der Waals surface area (Å²) in [4.78, 5) is 12.3. The molecule has 1 amide bonds. The van der Waals surface area contributed by atoms with Gasteiger partial charge in [0.15, 0.2) is 11.5 Å². The maximum atomic E-state index is 12.3. The number of carbonyl (C=O) groups is 1. The van der Waals surface area contributed by atoms with Gasteiger partial charge in [-0.15, -0.1) is 0 Å². The van der Waals surface area contributed by atoms with Gasteiger partial charge in [-0.1, -0.05) is 29.3 Å². The number of ether oxygens (including phenoxy) is 2. The molecule has 0 spiro atoms. The molecular formula is C20H24Cl2N2O5S. The van der Waals surface area contributed by atoms with Crippen LogP contribution >= 0.6 is 23.2 Å². The lowest BCUT2D eigenvalue weighted by atomic mass is 10.1. The number of carbonyl (C=O) groups excluding carboxylic acids is 1. The highest BCUT2D eigenvalue weighted by atomic mass is 35.5. The lowest BCUT2D eigenvalue weighted by Crippen LogP contribution is -2.40. The topological polar surface area (TPSA) is 84.9 Å². The Morgan fingerprint density at radius 2 is 1.77 bits per heavy atom. The summed E-state index contributed by atoms with van der Waals surface area (Å²) in [7, 11) is -0.572. The number of amides is 1. The normalized spacial score (nSPS) is 11.1. The Bertz CT molecular complexity index is 999. The molecule has 0 fully saturated rings. The molecule has 0 saturated heterocycles. The fourth-order valence-electron chi connectivity index (χ4n) is 2.81. The van der Waals surface area contributed by atoms with Gasteiger partial charge in [-0.3, -0.25) is 9.10 Å². The fourth-order valence-corrected chi connectivity index (χ4v) is 4.24. The van der Waals surface area contributed by atoms with E-state index in [4.69, 9.17) is 32.7 Å². The molecule has 2 rings (SSSR count). The number of nitrogens with zero attached hydrogens (tertiary/aromatic N) is 1. The molecule has 2 aromatic rings. The van der Waals surface area contributed by atoms with Crippen LogP contribution in [0.5, 0.6) is 11.5 Å². The molecule has 0 bridgehead atoms. The molecule has 0 aliphatic rings. The molecule has 2 aromatic carbocycles. The second kappa shape index (κ2) is 10.7. The van der Waals surface area contributed by atoms with Gasteiger partial charge >= 0.3 is 0 Å². The molecule has 10 heteroatoms. The number of methoxy groups -OCH3 is 2. The highest BCUT2D eigenvalue weighted by Crippen LogP contribution is 2.30. The maximum absolute atomic E-state index is 12.3. The van der Waals surface area contributed by atoms with Gasteiger partial charge in [0.1, 0.15) is 6.54 Å². The summed E-state index contributed by atoms with van der Waals surface area (Å²) < 4.78 is 35.8. The van der Waals surface area contributed by atoms with Crippen LogP contribution in [0.15, 0.2) is 36.4 Å². The lowest BCUT2D eigenvalue weighted by molar-refractivity contribution is -0.119. The average Bonchev–Trinajstić information content (AvgIpc) is 2.69. The number of hydrogen-bond donors (Lipinski definition) is 1. The summed E-state index contributed by atoms with van der Waals surface area (Å²) in [6, 6.07) is 10.0. The predicted molar refractivity (Wildman–Crippen MR) is 120 cm³/mol. The first-order valence-corrected chi connectivity index (χ1v) is 11.7. The minimum atomic E-state index is -3.72. The molecule has 0 saturated carbocycles. The monoisotopic (exact) mass is 474 g/mol. The van der Waals surface area contributed by atoms with Crippen LogP contribution in [0.1, 0.15) is 12.0 Å². The third-order valence-corrected chi connectivity index (χ3v) is 5.94. The minimum absolute atomic E-state index is 0.147. The van der Waals surface area contributed by atoms with E-state index in [1.54, 1.807) is 14.2 Å². The molecule has 0 aromatic heterocycles. The van der Waals surface area contributed by atoms with E-state index < -0.39 is 15.9 Å². The van der Waals surface area contributed by atoms with E-state index in [9.17, 15) is 13.2 Å². The third-order valence-electron chi connectivity index (χ3n) is 4.28. The molecule has 0 heterocycles. The fraction of sp³-hybridized carbons (Fsp3) is 0.350. The number of hydrogen-bond acceptors (Lipinski definition) is 5. The van der Waals surface area contributed by atoms with Crippen molar-refractivity contribution >= 4 is 44.8 Å². The standard InChI is InChI=1S/C20H24Cl2N2O5S/c1-28-18-9-6-14(11-19(18)29-2)5-4-10-23-20(25)13-24(30(3,26)27)17-8-7-15(21)12-16(17)22/h6-9,11-12H,4-5,10,13H2,1-3H3,(H,23,25). The van der Waals surface area contributed by atoms with Gasteiger partial charge in [0.05, 0.1) is 31.2 Å². The Morgan fingerprint density at radius 1 is 1.07 bits per heavy atom. The smallest absolute Gasteiger partial charge is 0.240 e. The first-order chi connectivity index (χ1) is 14.2. The van der Waals surface area contributed by atoms with Gasteiger partial charge < -0.3 is 14.8 Å². The van der Waals surface area contributed by atoms with Crippen LogP contribution < -0.4 is 19.1 Å². The van der Waals surface area contributed by atoms with Gasteiger partial charge in [0.25, 0.3) is 0 Å². The van der Waals surface area contributed by atoms with E-state index >= 15 is 0 Å². The quantitative estimate of drug-likeness (QED) is 0.532. The van der Waals surface area contributed by atoms with E-state index in [0.717, 1.165) is 16.1 Å². The molecule has 164 valence electrons. The van der Waals surface area contributed by atoms with Gasteiger partial charge in [-0.05, 0) is 48.7 Å². The number of sulfonamides is 1. The Balaban J connectivity index is 1.94. The zero-order chi connectivity index (χ0) is 22.3. The van der Waals surface area contributed by atoms with Crippen molar-refractivity contribution in [3.63, 3.8) is 0 Å². The third kappa shape index (κ3) is 6.68. The summed E-state index contributed by atoms with van der Waals surface area (Å²) in [6.45, 7) is 0.00960. The van der Waals surface area contributed by atoms with Gasteiger partial charge in [-0.25, -0.2) is 8.42 Å². The lowest BCUT2D eigenvalue weighted by Gasteiger charge is -2.23. The van der Waals surface area contributed by atoms with Crippen LogP contribution in [-0.2, 0) is 21.2 Å². The van der Waals surface area contributed by atoms with Crippen molar-refractivity contribution in [2.45, 2.75) is 12.8 Å². The second-order valence-corrected chi connectivity index (χ2v) is 9.26. The highest BCUT2D eigenvalue weighted by Gasteiger charge is 2.23. The predicted octanol–water partition coefficient (Wildman–Crippen LogP) is 3.53. The number of halogens is 2. The van der Waals surface area contributed by atoms with Crippen molar-refractivity contribution in [2.75, 3.05) is 37.9 Å². The van der Waals surface area contributed by atoms with E-state index in [1.807, 2.05) is 18.2 Å². The van der Waals surface area contributed by atoms with Crippen molar-refractivity contribution in [2.24, 2.45) is 0 Å². The average molecular weight is 475 g/mol. The summed E-state index contributed by atoms with van der Waals surface area (Å²) in [6.07, 6.45) is 2.39. The number of rotatable bonds is 10. The van der Waals surface area contributed by atoms with E-state index in [-0.39, 0.29) is 17.3 Å². The maximum Gasteiger partial charge on any atom is 0.240 e. The van der Waals surface area contributed by atoms with Crippen LogP contribution in [0.3, 0.4) is 0 Å². The number of anilines is 1. The largest absolute Gasteiger partial charge is 0.493 e. The summed E-state index contributed by atoms with van der Waals surface area (Å²) in [5, 5.41) is 3.26. The Hall–Kier alpha value is -2.16. The molecule has 1 N–H and O–H groups in total. The zero-order valence-electron chi connectivity index (χ0n) is 16.9. The van der Waals surface area contributed by atoms with Crippen molar-refractivity contribution in [1.29, 1.82) is 0 Å². The Kier molecular flexibility index (Phi) is 8.64. The first-order valence-electron chi connectivity index (χ1n) is 9.06. The van der Waals surface area contributed by atoms with Crippen LogP contribution in [0.25, 0.3) is 0 Å². The molecular weight excluding hydrogens is 451 g/mol. The minimum Gasteiger partial charge on any atom is -0.493 e. The summed E-state index contributed by atoms with van der Waals surface area (Å²) >= 11 is 12.0. The highest BCUT2D eigenvalue weighted by molar-refractivity contribution is 7.92. The number of aryl methyl sites for hydroxylation is 1. The van der Waals surface area contributed by atoms with Gasteiger partial charge in [0.2, 0.25) is 15.9 Å². The number of benzene rings is 2. The molecule has 0 atom stereocenters. The molecule has 0 radical (unpaired) electrons. The molecule has 0 unspecified atom stereocenters. The first kappa shape index (κ1) is 24.1. The summed E-state index contributed by atoms with van der Waals surface area (Å²) in [5.74, 6) is 0.859. The van der Waals surface area contributed by atoms with E-state index in [1.165, 1.54) is 18.2 Å².